The van der Waals surface area contributed by atoms with Crippen LogP contribution in [0.25, 0.3) is 6.08 Å². The van der Waals surface area contributed by atoms with Crippen molar-refractivity contribution in [3.05, 3.63) is 35.4 Å². The lowest BCUT2D eigenvalue weighted by molar-refractivity contribution is -0.154. The minimum absolute atomic E-state index is 0.0700. The summed E-state index contributed by atoms with van der Waals surface area (Å²) in [5, 5.41) is 9.71. The number of aromatic hydroxyl groups is 1. The molecule has 0 unspecified atom stereocenters. The standard InChI is InChI=1S/C20H24O3/c1-12(21)23-19-8-7-18-17-5-3-13-11-14(22)4-6-15(13)16(17)9-10-20(18,19)2/h3-6,11,16-19,22H,7-10H2,1-2H3/t16-,17-,18+,19+,20+/m1/s1. The maximum Gasteiger partial charge on any atom is 0.302 e. The van der Waals surface area contributed by atoms with Gasteiger partial charge in [0.1, 0.15) is 11.9 Å². The Kier molecular flexibility index (Phi) is 3.29. The van der Waals surface area contributed by atoms with Crippen molar-refractivity contribution < 1.29 is 14.6 Å². The molecular weight excluding hydrogens is 288 g/mol. The summed E-state index contributed by atoms with van der Waals surface area (Å²) >= 11 is 0. The Labute approximate surface area is 137 Å². The van der Waals surface area contributed by atoms with Crippen molar-refractivity contribution in [2.75, 3.05) is 0 Å². The maximum absolute atomic E-state index is 11.4. The summed E-state index contributed by atoms with van der Waals surface area (Å²) < 4.78 is 5.65. The molecule has 0 radical (unpaired) electrons. The van der Waals surface area contributed by atoms with Crippen LogP contribution in [-0.4, -0.2) is 17.2 Å². The van der Waals surface area contributed by atoms with Crippen LogP contribution in [0.5, 0.6) is 5.75 Å². The number of carbonyl (C=O) groups excluding carboxylic acids is 1. The van der Waals surface area contributed by atoms with E-state index in [1.807, 2.05) is 6.07 Å². The first-order valence-electron chi connectivity index (χ1n) is 8.67. The van der Waals surface area contributed by atoms with Gasteiger partial charge < -0.3 is 9.84 Å². The number of rotatable bonds is 1. The lowest BCUT2D eigenvalue weighted by Crippen LogP contribution is -2.43. The Balaban J connectivity index is 1.66. The number of benzene rings is 1. The highest BCUT2D eigenvalue weighted by Gasteiger charge is 2.55. The van der Waals surface area contributed by atoms with E-state index in [4.69, 9.17) is 4.74 Å². The number of fused-ring (bicyclic) bond motifs is 5. The monoisotopic (exact) mass is 312 g/mol. The van der Waals surface area contributed by atoms with Crippen LogP contribution in [0.1, 0.15) is 56.6 Å². The molecule has 3 aliphatic rings. The summed E-state index contributed by atoms with van der Waals surface area (Å²) in [5.41, 5.74) is 2.63. The van der Waals surface area contributed by atoms with Crippen molar-refractivity contribution in [3.8, 4) is 5.75 Å². The van der Waals surface area contributed by atoms with E-state index >= 15 is 0 Å². The zero-order chi connectivity index (χ0) is 16.2. The number of ether oxygens (including phenoxy) is 1. The van der Waals surface area contributed by atoms with Gasteiger partial charge in [-0.1, -0.05) is 25.1 Å². The molecule has 3 nitrogen and oxygen atoms in total. The molecule has 1 aromatic rings. The second kappa shape index (κ2) is 5.12. The van der Waals surface area contributed by atoms with E-state index in [2.05, 4.69) is 25.1 Å². The predicted octanol–water partition coefficient (Wildman–Crippen LogP) is 4.26. The van der Waals surface area contributed by atoms with E-state index < -0.39 is 0 Å². The summed E-state index contributed by atoms with van der Waals surface area (Å²) in [6.07, 6.45) is 8.92. The fourth-order valence-corrected chi connectivity index (χ4v) is 5.43. The fraction of sp³-hybridized carbons (Fsp3) is 0.550. The van der Waals surface area contributed by atoms with Gasteiger partial charge in [-0.05, 0) is 66.7 Å². The zero-order valence-corrected chi connectivity index (χ0v) is 13.8. The molecule has 0 aromatic heterocycles. The molecule has 1 N–H and O–H groups in total. The Morgan fingerprint density at radius 2 is 2.13 bits per heavy atom. The van der Waals surface area contributed by atoms with Crippen LogP contribution >= 0.6 is 0 Å². The SMILES string of the molecule is CC(=O)O[C@H]1CC[C@H]2[C@@H]3C=Cc4cc(O)ccc4[C@H]3CC[C@]12C. The number of esters is 1. The van der Waals surface area contributed by atoms with Crippen LogP contribution in [0.15, 0.2) is 24.3 Å². The molecule has 0 bridgehead atoms. The molecule has 0 heterocycles. The average molecular weight is 312 g/mol. The van der Waals surface area contributed by atoms with Gasteiger partial charge in [0.05, 0.1) is 0 Å². The molecule has 4 rings (SSSR count). The highest BCUT2D eigenvalue weighted by molar-refractivity contribution is 5.66. The molecule has 2 saturated carbocycles. The second-order valence-electron chi connectivity index (χ2n) is 7.68. The highest BCUT2D eigenvalue weighted by Crippen LogP contribution is 2.60. The largest absolute Gasteiger partial charge is 0.508 e. The maximum atomic E-state index is 11.4. The first-order chi connectivity index (χ1) is 11.0. The van der Waals surface area contributed by atoms with E-state index in [1.165, 1.54) is 12.5 Å². The van der Waals surface area contributed by atoms with E-state index in [0.29, 0.717) is 23.5 Å². The van der Waals surface area contributed by atoms with E-state index in [9.17, 15) is 9.90 Å². The van der Waals surface area contributed by atoms with Crippen LogP contribution < -0.4 is 0 Å². The van der Waals surface area contributed by atoms with Gasteiger partial charge >= 0.3 is 5.97 Å². The smallest absolute Gasteiger partial charge is 0.302 e. The minimum atomic E-state index is -0.154. The Morgan fingerprint density at radius 3 is 2.91 bits per heavy atom. The molecule has 1 aromatic carbocycles. The Hall–Kier alpha value is -1.77. The molecular formula is C20H24O3. The van der Waals surface area contributed by atoms with Crippen LogP contribution in [0.2, 0.25) is 0 Å². The number of hydrogen-bond donors (Lipinski definition) is 1. The van der Waals surface area contributed by atoms with E-state index in [1.54, 1.807) is 6.07 Å². The highest BCUT2D eigenvalue weighted by atomic mass is 16.5. The normalized spacial score (nSPS) is 37.7. The second-order valence-corrected chi connectivity index (χ2v) is 7.68. The van der Waals surface area contributed by atoms with Gasteiger partial charge in [0.15, 0.2) is 0 Å². The van der Waals surface area contributed by atoms with Crippen LogP contribution in [0.3, 0.4) is 0 Å². The quantitative estimate of drug-likeness (QED) is 0.788. The van der Waals surface area contributed by atoms with E-state index in [-0.39, 0.29) is 17.5 Å². The number of allylic oxidation sites excluding steroid dienone is 1. The molecule has 0 spiro atoms. The average Bonchev–Trinajstić information content (AvgIpc) is 2.83. The predicted molar refractivity (Wildman–Crippen MR) is 89.0 cm³/mol. The third-order valence-corrected chi connectivity index (χ3v) is 6.52. The van der Waals surface area contributed by atoms with Gasteiger partial charge in [-0.3, -0.25) is 4.79 Å². The lowest BCUT2D eigenvalue weighted by atomic mass is 9.57. The molecule has 0 aliphatic heterocycles. The molecule has 2 fully saturated rings. The third kappa shape index (κ3) is 2.20. The zero-order valence-electron chi connectivity index (χ0n) is 13.8. The van der Waals surface area contributed by atoms with Crippen molar-refractivity contribution in [3.63, 3.8) is 0 Å². The minimum Gasteiger partial charge on any atom is -0.508 e. The van der Waals surface area contributed by atoms with Crippen molar-refractivity contribution in [2.45, 2.75) is 51.6 Å². The van der Waals surface area contributed by atoms with Crippen LogP contribution in [-0.2, 0) is 9.53 Å². The number of carbonyl (C=O) groups is 1. The Morgan fingerprint density at radius 1 is 1.30 bits per heavy atom. The number of phenols is 1. The number of hydrogen-bond acceptors (Lipinski definition) is 3. The fourth-order valence-electron chi connectivity index (χ4n) is 5.43. The van der Waals surface area contributed by atoms with Gasteiger partial charge in [-0.2, -0.15) is 0 Å². The number of phenolic OH excluding ortho intramolecular Hbond substituents is 1. The lowest BCUT2D eigenvalue weighted by Gasteiger charge is -2.48. The van der Waals surface area contributed by atoms with Crippen LogP contribution in [0, 0.1) is 17.3 Å². The molecule has 0 saturated heterocycles. The molecule has 3 aliphatic carbocycles. The van der Waals surface area contributed by atoms with Gasteiger partial charge in [0.2, 0.25) is 0 Å². The van der Waals surface area contributed by atoms with Crippen molar-refractivity contribution in [1.29, 1.82) is 0 Å². The van der Waals surface area contributed by atoms with Gasteiger partial charge in [0.25, 0.3) is 0 Å². The first kappa shape index (κ1) is 14.8. The van der Waals surface area contributed by atoms with Crippen LogP contribution in [0.4, 0.5) is 0 Å². The van der Waals surface area contributed by atoms with E-state index in [0.717, 1.165) is 31.2 Å². The van der Waals surface area contributed by atoms with Crippen molar-refractivity contribution in [1.82, 2.24) is 0 Å². The summed E-state index contributed by atoms with van der Waals surface area (Å²) in [4.78, 5) is 11.4. The molecule has 3 heteroatoms. The molecule has 122 valence electrons. The van der Waals surface area contributed by atoms with Crippen molar-refractivity contribution >= 4 is 12.0 Å². The molecule has 0 amide bonds. The first-order valence-corrected chi connectivity index (χ1v) is 8.67. The topological polar surface area (TPSA) is 46.5 Å². The van der Waals surface area contributed by atoms with Gasteiger partial charge in [-0.25, -0.2) is 0 Å². The van der Waals surface area contributed by atoms with Crippen molar-refractivity contribution in [2.24, 2.45) is 17.3 Å². The molecule has 5 atom stereocenters. The van der Waals surface area contributed by atoms with Gasteiger partial charge in [0, 0.05) is 12.3 Å². The summed E-state index contributed by atoms with van der Waals surface area (Å²) in [5.74, 6) is 1.81. The van der Waals surface area contributed by atoms with Gasteiger partial charge in [-0.15, -0.1) is 0 Å². The molecule has 23 heavy (non-hydrogen) atoms. The summed E-state index contributed by atoms with van der Waals surface area (Å²) in [7, 11) is 0. The summed E-state index contributed by atoms with van der Waals surface area (Å²) in [6, 6.07) is 5.76. The Bertz CT molecular complexity index is 677. The third-order valence-electron chi connectivity index (χ3n) is 6.52. The summed E-state index contributed by atoms with van der Waals surface area (Å²) in [6.45, 7) is 3.83.